The Kier molecular flexibility index (Phi) is 13.4. The molecule has 3 N–H and O–H groups in total. The fourth-order valence-corrected chi connectivity index (χ4v) is 8.75. The van der Waals surface area contributed by atoms with Crippen LogP contribution in [0.3, 0.4) is 0 Å². The molecule has 0 radical (unpaired) electrons. The lowest BCUT2D eigenvalue weighted by Gasteiger charge is -2.08. The molecule has 0 aliphatic heterocycles. The van der Waals surface area contributed by atoms with Crippen LogP contribution in [-0.2, 0) is 0 Å². The second-order valence-electron chi connectivity index (χ2n) is 17.7. The number of benzene rings is 7. The quantitative estimate of drug-likeness (QED) is 0.0780. The fraction of sp³-hybridized carbons (Fsp3) is 0.0164. The van der Waals surface area contributed by atoms with Gasteiger partial charge in [0.05, 0.1) is 50.7 Å². The molecule has 78 heavy (non-hydrogen) atoms. The fourth-order valence-electron chi connectivity index (χ4n) is 8.75. The first-order valence-corrected chi connectivity index (χ1v) is 24.5. The van der Waals surface area contributed by atoms with Crippen molar-refractivity contribution in [1.29, 1.82) is 0 Å². The molecule has 0 aliphatic carbocycles. The van der Waals surface area contributed by atoms with E-state index < -0.39 is 35.1 Å². The van der Waals surface area contributed by atoms with Crippen LogP contribution in [-0.4, -0.2) is 74.2 Å². The number of rotatable bonds is 16. The highest BCUT2D eigenvalue weighted by Crippen LogP contribution is 2.29. The van der Waals surface area contributed by atoms with Crippen LogP contribution in [0.25, 0.3) is 22.7 Å². The van der Waals surface area contributed by atoms with Crippen molar-refractivity contribution in [2.24, 2.45) is 0 Å². The molecular weight excluding hydrogens is 983 g/mol. The Morgan fingerprint density at radius 2 is 0.654 bits per heavy atom. The number of aromatic nitrogens is 8. The monoisotopic (exact) mass is 1030 g/mol. The predicted molar refractivity (Wildman–Crippen MR) is 292 cm³/mol. The van der Waals surface area contributed by atoms with Gasteiger partial charge in [0, 0.05) is 41.2 Å². The summed E-state index contributed by atoms with van der Waals surface area (Å²) >= 11 is 0. The maximum absolute atomic E-state index is 15.6. The van der Waals surface area contributed by atoms with E-state index in [9.17, 15) is 19.2 Å². The van der Waals surface area contributed by atoms with E-state index in [0.717, 1.165) is 0 Å². The SMILES string of the molecule is Cc1c(C(=O)c2cn(-c3ccccc3)nc2C(=O)Nc2ccccc2)c(C(=O)c2cn(-c3ccccc3)nc2C(=O)Nc2ccccc2)nn1-c1ccc(C(=O)c2cn(-c3ccccc3)nc2C(=O)Nc2ccccc2)cc1. The Labute approximate surface area is 445 Å². The van der Waals surface area contributed by atoms with Gasteiger partial charge in [-0.05, 0) is 104 Å². The van der Waals surface area contributed by atoms with Gasteiger partial charge >= 0.3 is 0 Å². The van der Waals surface area contributed by atoms with Crippen molar-refractivity contribution < 1.29 is 28.8 Å². The van der Waals surface area contributed by atoms with Gasteiger partial charge in [-0.2, -0.15) is 20.4 Å². The maximum atomic E-state index is 15.6. The second-order valence-corrected chi connectivity index (χ2v) is 17.7. The van der Waals surface area contributed by atoms with Crippen LogP contribution in [0.1, 0.15) is 85.1 Å². The lowest BCUT2D eigenvalue weighted by Crippen LogP contribution is -2.19. The molecule has 11 aromatic rings. The third kappa shape index (κ3) is 9.95. The average molecular weight is 1030 g/mol. The normalized spacial score (nSPS) is 10.9. The van der Waals surface area contributed by atoms with Crippen molar-refractivity contribution in [3.05, 3.63) is 281 Å². The highest BCUT2D eigenvalue weighted by molar-refractivity contribution is 6.24. The van der Waals surface area contributed by atoms with E-state index in [2.05, 4.69) is 31.2 Å². The number of ketones is 3. The largest absolute Gasteiger partial charge is 0.321 e. The Bertz CT molecular complexity index is 4040. The number of carbonyl (C=O) groups excluding carboxylic acids is 6. The van der Waals surface area contributed by atoms with Crippen LogP contribution in [0.2, 0.25) is 0 Å². The first-order chi connectivity index (χ1) is 38.1. The molecule has 0 aliphatic rings. The van der Waals surface area contributed by atoms with E-state index in [1.165, 1.54) is 49.5 Å². The van der Waals surface area contributed by atoms with Gasteiger partial charge in [0.1, 0.15) is 5.69 Å². The zero-order chi connectivity index (χ0) is 53.7. The minimum atomic E-state index is -0.838. The standard InChI is InChI=1S/C61H43N11O6/c1-39-51(57(74)49-37-70(45-28-16-6-17-29-45)66-53(49)60(77)63-42-22-10-3-11-23-42)55(58(75)50-38-71(46-30-18-7-19-31-46)67-54(50)61(78)64-43-24-12-4-13-25-43)68-72(39)47-34-32-40(33-35-47)56(73)48-36-69(44-26-14-5-15-27-44)65-52(48)59(76)62-41-20-8-2-9-21-41/h2-38H,1H3,(H,62,76)(H,63,77)(H,64,78). The molecule has 0 spiro atoms. The van der Waals surface area contributed by atoms with Crippen molar-refractivity contribution in [3.63, 3.8) is 0 Å². The average Bonchev–Trinajstić information content (AvgIpc) is 4.36. The van der Waals surface area contributed by atoms with E-state index in [0.29, 0.717) is 39.8 Å². The summed E-state index contributed by atoms with van der Waals surface area (Å²) in [7, 11) is 0. The Morgan fingerprint density at radius 3 is 1.01 bits per heavy atom. The van der Waals surface area contributed by atoms with Crippen LogP contribution in [0.15, 0.2) is 225 Å². The van der Waals surface area contributed by atoms with Crippen molar-refractivity contribution in [2.75, 3.05) is 16.0 Å². The molecule has 17 nitrogen and oxygen atoms in total. The Hall–Kier alpha value is -11.2. The van der Waals surface area contributed by atoms with Crippen LogP contribution in [0, 0.1) is 6.92 Å². The van der Waals surface area contributed by atoms with Crippen LogP contribution in [0.5, 0.6) is 0 Å². The molecule has 4 heterocycles. The van der Waals surface area contributed by atoms with Gasteiger partial charge in [0.15, 0.2) is 22.9 Å². The summed E-state index contributed by atoms with van der Waals surface area (Å²) in [4.78, 5) is 87.8. The minimum absolute atomic E-state index is 0.0300. The third-order valence-corrected chi connectivity index (χ3v) is 12.6. The zero-order valence-electron chi connectivity index (χ0n) is 41.4. The number of hydrogen-bond donors (Lipinski definition) is 3. The summed E-state index contributed by atoms with van der Waals surface area (Å²) < 4.78 is 5.63. The van der Waals surface area contributed by atoms with Crippen molar-refractivity contribution in [1.82, 2.24) is 39.1 Å². The molecule has 0 atom stereocenters. The Balaban J connectivity index is 1.03. The van der Waals surface area contributed by atoms with Crippen molar-refractivity contribution >= 4 is 52.1 Å². The van der Waals surface area contributed by atoms with E-state index in [1.54, 1.807) is 165 Å². The molecule has 11 rings (SSSR count). The summed E-state index contributed by atoms with van der Waals surface area (Å²) in [6, 6.07) is 59.2. The molecule has 17 heteroatoms. The Morgan fingerprint density at radius 1 is 0.333 bits per heavy atom. The number of para-hydroxylation sites is 6. The molecule has 0 saturated carbocycles. The molecule has 0 bridgehead atoms. The van der Waals surface area contributed by atoms with Gasteiger partial charge in [-0.3, -0.25) is 28.8 Å². The molecule has 0 unspecified atom stereocenters. The smallest absolute Gasteiger partial charge is 0.276 e. The summed E-state index contributed by atoms with van der Waals surface area (Å²) in [5.74, 6) is -4.13. The van der Waals surface area contributed by atoms with E-state index >= 15 is 9.59 Å². The van der Waals surface area contributed by atoms with Gasteiger partial charge in [-0.25, -0.2) is 18.7 Å². The maximum Gasteiger partial charge on any atom is 0.276 e. The number of hydrogen-bond acceptors (Lipinski definition) is 10. The van der Waals surface area contributed by atoms with Crippen LogP contribution in [0.4, 0.5) is 17.1 Å². The summed E-state index contributed by atoms with van der Waals surface area (Å²) in [6.07, 6.45) is 4.33. The highest BCUT2D eigenvalue weighted by Gasteiger charge is 2.35. The number of anilines is 3. The summed E-state index contributed by atoms with van der Waals surface area (Å²) in [6.45, 7) is 1.59. The van der Waals surface area contributed by atoms with Crippen LogP contribution < -0.4 is 16.0 Å². The lowest BCUT2D eigenvalue weighted by atomic mass is 9.97. The van der Waals surface area contributed by atoms with Gasteiger partial charge in [0.2, 0.25) is 11.6 Å². The predicted octanol–water partition coefficient (Wildman–Crippen LogP) is 10.2. The summed E-state index contributed by atoms with van der Waals surface area (Å²) in [5, 5.41) is 27.1. The minimum Gasteiger partial charge on any atom is -0.321 e. The topological polar surface area (TPSA) is 210 Å². The molecule has 0 saturated heterocycles. The number of amides is 3. The molecule has 0 fully saturated rings. The van der Waals surface area contributed by atoms with Gasteiger partial charge in [-0.15, -0.1) is 0 Å². The second kappa shape index (κ2) is 21.3. The first-order valence-electron chi connectivity index (χ1n) is 24.5. The van der Waals surface area contributed by atoms with Crippen molar-refractivity contribution in [3.8, 4) is 22.7 Å². The van der Waals surface area contributed by atoms with Crippen LogP contribution >= 0.6 is 0 Å². The zero-order valence-corrected chi connectivity index (χ0v) is 41.4. The molecule has 7 aromatic carbocycles. The van der Waals surface area contributed by atoms with E-state index in [-0.39, 0.29) is 56.3 Å². The van der Waals surface area contributed by atoms with Gasteiger partial charge in [0.25, 0.3) is 17.7 Å². The third-order valence-electron chi connectivity index (χ3n) is 12.6. The lowest BCUT2D eigenvalue weighted by molar-refractivity contribution is 0.0981. The molecule has 3 amide bonds. The van der Waals surface area contributed by atoms with Gasteiger partial charge < -0.3 is 16.0 Å². The van der Waals surface area contributed by atoms with Gasteiger partial charge in [-0.1, -0.05) is 109 Å². The molecule has 378 valence electrons. The number of carbonyl (C=O) groups is 6. The molecule has 4 aromatic heterocycles. The summed E-state index contributed by atoms with van der Waals surface area (Å²) in [5.41, 5.74) is 2.29. The van der Waals surface area contributed by atoms with Crippen molar-refractivity contribution in [2.45, 2.75) is 6.92 Å². The highest BCUT2D eigenvalue weighted by atomic mass is 16.2. The number of nitrogens with one attached hydrogen (secondary N) is 3. The first kappa shape index (κ1) is 49.0. The molecular formula is C61H43N11O6. The number of nitrogens with zero attached hydrogens (tertiary/aromatic N) is 8. The van der Waals surface area contributed by atoms with E-state index in [1.807, 2.05) is 36.4 Å². The van der Waals surface area contributed by atoms with E-state index in [4.69, 9.17) is 5.10 Å².